The number of aromatic nitrogens is 1. The van der Waals surface area contributed by atoms with Crippen molar-refractivity contribution in [3.8, 4) is 0 Å². The Morgan fingerprint density at radius 3 is 2.94 bits per heavy atom. The zero-order valence-corrected chi connectivity index (χ0v) is 11.2. The Bertz CT molecular complexity index is 447. The van der Waals surface area contributed by atoms with Gasteiger partial charge in [0.05, 0.1) is 24.5 Å². The SMILES string of the molecule is CCO/C=C/c1cc(Br)c(C(=O)OC)nc1N. The molecule has 0 saturated heterocycles. The van der Waals surface area contributed by atoms with E-state index in [1.54, 1.807) is 12.1 Å². The Morgan fingerprint density at radius 2 is 2.35 bits per heavy atom. The number of carbonyl (C=O) groups excluding carboxylic acids is 1. The van der Waals surface area contributed by atoms with Crippen molar-refractivity contribution < 1.29 is 14.3 Å². The van der Waals surface area contributed by atoms with Gasteiger partial charge in [0.15, 0.2) is 5.69 Å². The molecule has 0 amide bonds. The molecular weight excluding hydrogens is 288 g/mol. The number of methoxy groups -OCH3 is 1. The molecule has 0 aliphatic carbocycles. The molecule has 92 valence electrons. The second-order valence-corrected chi connectivity index (χ2v) is 3.90. The molecule has 0 aliphatic rings. The molecule has 0 bridgehead atoms. The van der Waals surface area contributed by atoms with Crippen LogP contribution in [0.15, 0.2) is 16.8 Å². The van der Waals surface area contributed by atoms with Crippen LogP contribution < -0.4 is 5.73 Å². The van der Waals surface area contributed by atoms with E-state index in [2.05, 4.69) is 25.7 Å². The molecule has 1 aromatic rings. The molecule has 5 nitrogen and oxygen atoms in total. The van der Waals surface area contributed by atoms with E-state index in [0.717, 1.165) is 0 Å². The van der Waals surface area contributed by atoms with Gasteiger partial charge >= 0.3 is 5.97 Å². The number of hydrogen-bond acceptors (Lipinski definition) is 5. The summed E-state index contributed by atoms with van der Waals surface area (Å²) in [5.74, 6) is -0.298. The van der Waals surface area contributed by atoms with Crippen LogP contribution in [-0.4, -0.2) is 24.7 Å². The molecule has 6 heteroatoms. The Labute approximate surface area is 108 Å². The van der Waals surface area contributed by atoms with Crippen LogP contribution in [-0.2, 0) is 9.47 Å². The van der Waals surface area contributed by atoms with Gasteiger partial charge in [-0.2, -0.15) is 0 Å². The largest absolute Gasteiger partial charge is 0.501 e. The average molecular weight is 301 g/mol. The topological polar surface area (TPSA) is 74.4 Å². The van der Waals surface area contributed by atoms with Crippen molar-refractivity contribution in [2.75, 3.05) is 19.5 Å². The van der Waals surface area contributed by atoms with Crippen molar-refractivity contribution >= 4 is 33.8 Å². The third kappa shape index (κ3) is 3.45. The predicted octanol–water partition coefficient (Wildman–Crippen LogP) is 2.22. The first-order chi connectivity index (χ1) is 8.10. The van der Waals surface area contributed by atoms with Gasteiger partial charge in [0.1, 0.15) is 5.82 Å². The van der Waals surface area contributed by atoms with Gasteiger partial charge in [-0.15, -0.1) is 0 Å². The highest BCUT2D eigenvalue weighted by molar-refractivity contribution is 9.10. The van der Waals surface area contributed by atoms with Crippen LogP contribution in [0.4, 0.5) is 5.82 Å². The lowest BCUT2D eigenvalue weighted by atomic mass is 10.2. The number of nitrogens with zero attached hydrogens (tertiary/aromatic N) is 1. The number of ether oxygens (including phenoxy) is 2. The van der Waals surface area contributed by atoms with E-state index >= 15 is 0 Å². The number of hydrogen-bond donors (Lipinski definition) is 1. The fourth-order valence-corrected chi connectivity index (χ4v) is 1.61. The number of rotatable bonds is 4. The number of esters is 1. The van der Waals surface area contributed by atoms with Crippen molar-refractivity contribution in [1.82, 2.24) is 4.98 Å². The highest BCUT2D eigenvalue weighted by Crippen LogP contribution is 2.22. The number of pyridine rings is 1. The Kier molecular flexibility index (Phi) is 4.96. The van der Waals surface area contributed by atoms with E-state index in [1.165, 1.54) is 13.4 Å². The van der Waals surface area contributed by atoms with Gasteiger partial charge in [-0.05, 0) is 35.0 Å². The molecule has 0 saturated carbocycles. The zero-order chi connectivity index (χ0) is 12.8. The van der Waals surface area contributed by atoms with Crippen LogP contribution in [0.5, 0.6) is 0 Å². The molecular formula is C11H13BrN2O3. The predicted molar refractivity (Wildman–Crippen MR) is 68.3 cm³/mol. The molecule has 17 heavy (non-hydrogen) atoms. The van der Waals surface area contributed by atoms with E-state index in [-0.39, 0.29) is 11.5 Å². The van der Waals surface area contributed by atoms with Crippen molar-refractivity contribution in [2.45, 2.75) is 6.92 Å². The summed E-state index contributed by atoms with van der Waals surface area (Å²) < 4.78 is 10.2. The number of carbonyl (C=O) groups is 1. The lowest BCUT2D eigenvalue weighted by molar-refractivity contribution is 0.0593. The highest BCUT2D eigenvalue weighted by atomic mass is 79.9. The monoisotopic (exact) mass is 300 g/mol. The van der Waals surface area contributed by atoms with E-state index in [1.807, 2.05) is 6.92 Å². The number of anilines is 1. The summed E-state index contributed by atoms with van der Waals surface area (Å²) in [6.07, 6.45) is 3.20. The van der Waals surface area contributed by atoms with Crippen LogP contribution in [0.2, 0.25) is 0 Å². The van der Waals surface area contributed by atoms with Gasteiger partial charge in [0, 0.05) is 5.56 Å². The van der Waals surface area contributed by atoms with Crippen LogP contribution in [0.1, 0.15) is 23.0 Å². The van der Waals surface area contributed by atoms with Crippen molar-refractivity contribution in [3.05, 3.63) is 28.1 Å². The third-order valence-corrected chi connectivity index (χ3v) is 2.53. The second-order valence-electron chi connectivity index (χ2n) is 3.04. The quantitative estimate of drug-likeness (QED) is 0.682. The summed E-state index contributed by atoms with van der Waals surface area (Å²) in [6, 6.07) is 1.68. The lowest BCUT2D eigenvalue weighted by Gasteiger charge is -2.05. The fraction of sp³-hybridized carbons (Fsp3) is 0.273. The Morgan fingerprint density at radius 1 is 1.65 bits per heavy atom. The molecule has 0 atom stereocenters. The molecule has 2 N–H and O–H groups in total. The van der Waals surface area contributed by atoms with E-state index in [4.69, 9.17) is 10.5 Å². The van der Waals surface area contributed by atoms with Crippen molar-refractivity contribution in [3.63, 3.8) is 0 Å². The van der Waals surface area contributed by atoms with Crippen molar-refractivity contribution in [2.24, 2.45) is 0 Å². The fourth-order valence-electron chi connectivity index (χ4n) is 1.11. The van der Waals surface area contributed by atoms with Gasteiger partial charge in [-0.1, -0.05) is 0 Å². The van der Waals surface area contributed by atoms with Crippen LogP contribution in [0.25, 0.3) is 6.08 Å². The molecule has 0 aliphatic heterocycles. The minimum Gasteiger partial charge on any atom is -0.501 e. The number of halogens is 1. The molecule has 1 heterocycles. The maximum atomic E-state index is 11.3. The normalized spacial score (nSPS) is 10.5. The second kappa shape index (κ2) is 6.24. The van der Waals surface area contributed by atoms with Gasteiger partial charge in [-0.25, -0.2) is 9.78 Å². The molecule has 0 radical (unpaired) electrons. The first kappa shape index (κ1) is 13.5. The average Bonchev–Trinajstić information content (AvgIpc) is 2.32. The summed E-state index contributed by atoms with van der Waals surface area (Å²) in [5, 5.41) is 0. The first-order valence-corrected chi connectivity index (χ1v) is 5.72. The van der Waals surface area contributed by atoms with Crippen LogP contribution >= 0.6 is 15.9 Å². The Hall–Kier alpha value is -1.56. The maximum absolute atomic E-state index is 11.3. The van der Waals surface area contributed by atoms with E-state index < -0.39 is 5.97 Å². The minimum atomic E-state index is -0.538. The zero-order valence-electron chi connectivity index (χ0n) is 9.57. The summed E-state index contributed by atoms with van der Waals surface area (Å²) in [7, 11) is 1.29. The van der Waals surface area contributed by atoms with Gasteiger partial charge in [-0.3, -0.25) is 0 Å². The summed E-state index contributed by atoms with van der Waals surface area (Å²) in [6.45, 7) is 2.45. The van der Waals surface area contributed by atoms with Gasteiger partial charge < -0.3 is 15.2 Å². The van der Waals surface area contributed by atoms with E-state index in [9.17, 15) is 4.79 Å². The lowest BCUT2D eigenvalue weighted by Crippen LogP contribution is -2.08. The molecule has 0 aromatic carbocycles. The van der Waals surface area contributed by atoms with Gasteiger partial charge in [0.2, 0.25) is 0 Å². The highest BCUT2D eigenvalue weighted by Gasteiger charge is 2.14. The molecule has 0 fully saturated rings. The standard InChI is InChI=1S/C11H13BrN2O3/c1-3-17-5-4-7-6-8(12)9(11(15)16-2)14-10(7)13/h4-6H,3H2,1-2H3,(H2,13,14)/b5-4+. The number of nitrogens with two attached hydrogens (primary N) is 1. The number of nitrogen functional groups attached to an aromatic ring is 1. The minimum absolute atomic E-state index is 0.151. The van der Waals surface area contributed by atoms with E-state index in [0.29, 0.717) is 16.6 Å². The molecule has 0 unspecified atom stereocenters. The summed E-state index contributed by atoms with van der Waals surface area (Å²) in [5.41, 5.74) is 6.53. The molecule has 0 spiro atoms. The van der Waals surface area contributed by atoms with Crippen molar-refractivity contribution in [1.29, 1.82) is 0 Å². The molecule has 1 rings (SSSR count). The third-order valence-electron chi connectivity index (χ3n) is 1.93. The summed E-state index contributed by atoms with van der Waals surface area (Å²) >= 11 is 3.24. The maximum Gasteiger partial charge on any atom is 0.357 e. The van der Waals surface area contributed by atoms with Gasteiger partial charge in [0.25, 0.3) is 0 Å². The van der Waals surface area contributed by atoms with Crippen LogP contribution in [0, 0.1) is 0 Å². The molecule has 1 aromatic heterocycles. The van der Waals surface area contributed by atoms with Crippen LogP contribution in [0.3, 0.4) is 0 Å². The first-order valence-electron chi connectivity index (χ1n) is 4.92. The Balaban J connectivity index is 3.05. The smallest absolute Gasteiger partial charge is 0.357 e. The summed E-state index contributed by atoms with van der Waals surface area (Å²) in [4.78, 5) is 15.3.